The molecular formula is C19H34N2O5S. The van der Waals surface area contributed by atoms with Gasteiger partial charge in [-0.3, -0.25) is 4.79 Å². The third-order valence-electron chi connectivity index (χ3n) is 6.16. The molecule has 0 bridgehead atoms. The summed E-state index contributed by atoms with van der Waals surface area (Å²) in [6.45, 7) is 3.02. The molecule has 7 nitrogen and oxygen atoms in total. The lowest BCUT2D eigenvalue weighted by atomic mass is 9.88. The molecule has 0 aromatic heterocycles. The van der Waals surface area contributed by atoms with E-state index >= 15 is 0 Å². The molecule has 3 aliphatic rings. The maximum atomic E-state index is 12.9. The van der Waals surface area contributed by atoms with Crippen molar-refractivity contribution < 1.29 is 24.9 Å². The van der Waals surface area contributed by atoms with E-state index in [9.17, 15) is 20.1 Å². The lowest BCUT2D eigenvalue weighted by Crippen LogP contribution is -2.64. The fourth-order valence-electron chi connectivity index (χ4n) is 4.42. The Labute approximate surface area is 165 Å². The average Bonchev–Trinajstić information content (AvgIpc) is 3.50. The Morgan fingerprint density at radius 2 is 1.96 bits per heavy atom. The first kappa shape index (κ1) is 21.3. The molecule has 5 N–H and O–H groups in total. The van der Waals surface area contributed by atoms with Crippen LogP contribution in [-0.4, -0.2) is 76.0 Å². The fourth-order valence-corrected chi connectivity index (χ4v) is 5.10. The van der Waals surface area contributed by atoms with Gasteiger partial charge < -0.3 is 30.7 Å². The van der Waals surface area contributed by atoms with Crippen LogP contribution in [0.15, 0.2) is 0 Å². The van der Waals surface area contributed by atoms with Gasteiger partial charge in [0.15, 0.2) is 0 Å². The van der Waals surface area contributed by atoms with Crippen molar-refractivity contribution in [2.24, 2.45) is 11.8 Å². The van der Waals surface area contributed by atoms with Gasteiger partial charge in [0.05, 0.1) is 12.1 Å². The first-order chi connectivity index (χ1) is 13.0. The predicted molar refractivity (Wildman–Crippen MR) is 104 cm³/mol. The van der Waals surface area contributed by atoms with Gasteiger partial charge in [-0.05, 0) is 50.3 Å². The van der Waals surface area contributed by atoms with Gasteiger partial charge in [-0.25, -0.2) is 0 Å². The van der Waals surface area contributed by atoms with E-state index in [1.54, 1.807) is 6.26 Å². The molecule has 0 radical (unpaired) electrons. The Hall–Kier alpha value is -0.380. The first-order valence-corrected chi connectivity index (χ1v) is 11.5. The molecule has 0 aromatic rings. The lowest BCUT2D eigenvalue weighted by Gasteiger charge is -2.43. The summed E-state index contributed by atoms with van der Waals surface area (Å²) in [6.07, 6.45) is 3.58. The molecule has 3 rings (SSSR count). The maximum absolute atomic E-state index is 12.9. The molecule has 1 aliphatic carbocycles. The van der Waals surface area contributed by atoms with E-state index in [1.165, 1.54) is 11.8 Å². The quantitative estimate of drug-likeness (QED) is 0.414. The number of nitrogens with one attached hydrogen (secondary N) is 2. The molecule has 2 aliphatic heterocycles. The summed E-state index contributed by atoms with van der Waals surface area (Å²) < 4.78 is 5.91. The minimum atomic E-state index is -1.28. The average molecular weight is 403 g/mol. The molecule has 156 valence electrons. The second-order valence-corrected chi connectivity index (χ2v) is 9.17. The fraction of sp³-hybridized carbons (Fsp3) is 0.947. The highest BCUT2D eigenvalue weighted by molar-refractivity contribution is 7.99. The van der Waals surface area contributed by atoms with Crippen LogP contribution in [0.25, 0.3) is 0 Å². The smallest absolute Gasteiger partial charge is 0.237 e. The molecule has 0 spiro atoms. The summed E-state index contributed by atoms with van der Waals surface area (Å²) in [5.41, 5.74) is -0.617. The minimum absolute atomic E-state index is 0.0511. The van der Waals surface area contributed by atoms with Crippen molar-refractivity contribution in [3.63, 3.8) is 0 Å². The van der Waals surface area contributed by atoms with E-state index < -0.39 is 29.9 Å². The zero-order chi connectivity index (χ0) is 19.6. The lowest BCUT2D eigenvalue weighted by molar-refractivity contribution is -0.206. The van der Waals surface area contributed by atoms with Crippen LogP contribution in [0.5, 0.6) is 0 Å². The number of thioether (sulfide) groups is 1. The highest BCUT2D eigenvalue weighted by Gasteiger charge is 2.50. The van der Waals surface area contributed by atoms with Crippen molar-refractivity contribution in [2.45, 2.75) is 87.4 Å². The normalized spacial score (nSPS) is 41.1. The zero-order valence-corrected chi connectivity index (χ0v) is 17.0. The third kappa shape index (κ3) is 4.97. The summed E-state index contributed by atoms with van der Waals surface area (Å²) in [5, 5.41) is 37.2. The number of carbonyl (C=O) groups excluding carboxylic acids is 1. The number of aliphatic hydroxyl groups is 3. The molecule has 8 atom stereocenters. The van der Waals surface area contributed by atoms with E-state index in [2.05, 4.69) is 17.6 Å². The van der Waals surface area contributed by atoms with Gasteiger partial charge in [-0.15, -0.1) is 11.8 Å². The van der Waals surface area contributed by atoms with E-state index in [0.717, 1.165) is 45.1 Å². The Morgan fingerprint density at radius 3 is 2.59 bits per heavy atom. The molecule has 1 saturated carbocycles. The Balaban J connectivity index is 1.66. The number of amides is 1. The number of hydrogen-bond acceptors (Lipinski definition) is 7. The van der Waals surface area contributed by atoms with Crippen molar-refractivity contribution in [1.82, 2.24) is 10.6 Å². The van der Waals surface area contributed by atoms with Crippen LogP contribution in [-0.2, 0) is 9.53 Å². The second kappa shape index (κ2) is 9.41. The van der Waals surface area contributed by atoms with Crippen LogP contribution in [0, 0.1) is 11.8 Å². The summed E-state index contributed by atoms with van der Waals surface area (Å²) >= 11 is 1.30. The minimum Gasteiger partial charge on any atom is -0.388 e. The Kier molecular flexibility index (Phi) is 7.44. The van der Waals surface area contributed by atoms with Crippen LogP contribution in [0.3, 0.4) is 0 Å². The monoisotopic (exact) mass is 402 g/mol. The molecular weight excluding hydrogens is 368 g/mol. The van der Waals surface area contributed by atoms with Crippen molar-refractivity contribution in [1.29, 1.82) is 0 Å². The number of carbonyl (C=O) groups is 1. The number of ether oxygens (including phenoxy) is 1. The molecule has 3 unspecified atom stereocenters. The largest absolute Gasteiger partial charge is 0.388 e. The predicted octanol–water partition coefficient (Wildman–Crippen LogP) is 0.220. The number of piperidine rings is 1. The number of rotatable bonds is 7. The van der Waals surface area contributed by atoms with Gasteiger partial charge in [0.2, 0.25) is 5.91 Å². The SMILES string of the molecule is CCCC1CCNC(C(=O)NC(C2CC2)[C@H]2O[C@H](SC)[C@H](O)[C@@H](O)[C@H]2O)C1. The van der Waals surface area contributed by atoms with Crippen LogP contribution in [0.4, 0.5) is 0 Å². The van der Waals surface area contributed by atoms with Crippen LogP contribution in [0.2, 0.25) is 0 Å². The maximum Gasteiger partial charge on any atom is 0.237 e. The molecule has 27 heavy (non-hydrogen) atoms. The van der Waals surface area contributed by atoms with Crippen molar-refractivity contribution in [3.05, 3.63) is 0 Å². The molecule has 2 saturated heterocycles. The summed E-state index contributed by atoms with van der Waals surface area (Å²) in [7, 11) is 0. The van der Waals surface area contributed by atoms with Crippen LogP contribution >= 0.6 is 11.8 Å². The second-order valence-electron chi connectivity index (χ2n) is 8.23. The van der Waals surface area contributed by atoms with Gasteiger partial charge >= 0.3 is 0 Å². The summed E-state index contributed by atoms with van der Waals surface area (Å²) in [6, 6.07) is -0.568. The first-order valence-electron chi connectivity index (χ1n) is 10.2. The Bertz CT molecular complexity index is 502. The van der Waals surface area contributed by atoms with E-state index in [1.807, 2.05) is 0 Å². The summed E-state index contributed by atoms with van der Waals surface area (Å²) in [4.78, 5) is 12.9. The van der Waals surface area contributed by atoms with Crippen LogP contribution < -0.4 is 10.6 Å². The third-order valence-corrected chi connectivity index (χ3v) is 7.01. The van der Waals surface area contributed by atoms with Crippen molar-refractivity contribution in [2.75, 3.05) is 12.8 Å². The molecule has 3 fully saturated rings. The molecule has 8 heteroatoms. The van der Waals surface area contributed by atoms with E-state index in [0.29, 0.717) is 5.92 Å². The van der Waals surface area contributed by atoms with Gasteiger partial charge in [-0.1, -0.05) is 19.8 Å². The highest BCUT2D eigenvalue weighted by Crippen LogP contribution is 2.39. The van der Waals surface area contributed by atoms with Crippen molar-refractivity contribution in [3.8, 4) is 0 Å². The zero-order valence-electron chi connectivity index (χ0n) is 16.2. The van der Waals surface area contributed by atoms with Crippen LogP contribution in [0.1, 0.15) is 45.4 Å². The molecule has 1 amide bonds. The van der Waals surface area contributed by atoms with Gasteiger partial charge in [0.1, 0.15) is 29.9 Å². The van der Waals surface area contributed by atoms with E-state index in [-0.39, 0.29) is 23.9 Å². The highest BCUT2D eigenvalue weighted by atomic mass is 32.2. The van der Waals surface area contributed by atoms with E-state index in [4.69, 9.17) is 4.74 Å². The molecule has 2 heterocycles. The van der Waals surface area contributed by atoms with Gasteiger partial charge in [-0.2, -0.15) is 0 Å². The molecule has 0 aromatic carbocycles. The van der Waals surface area contributed by atoms with Gasteiger partial charge in [0, 0.05) is 0 Å². The number of aliphatic hydroxyl groups excluding tert-OH is 3. The summed E-state index contributed by atoms with van der Waals surface area (Å²) in [5.74, 6) is 0.763. The number of hydrogen-bond donors (Lipinski definition) is 5. The van der Waals surface area contributed by atoms with Crippen molar-refractivity contribution >= 4 is 17.7 Å². The Morgan fingerprint density at radius 1 is 1.22 bits per heavy atom. The standard InChI is InChI=1S/C19H34N2O5S/c1-3-4-10-7-8-20-12(9-10)18(25)21-13(11-5-6-11)17-15(23)14(22)16(24)19(26-17)27-2/h10-17,19-20,22-24H,3-9H2,1-2H3,(H,21,25)/t10?,12?,13?,14-,15+,16+,17+,19+/m0/s1. The topological polar surface area (TPSA) is 111 Å². The van der Waals surface area contributed by atoms with Gasteiger partial charge in [0.25, 0.3) is 0 Å².